The van der Waals surface area contributed by atoms with Crippen LogP contribution in [0.5, 0.6) is 0 Å². The van der Waals surface area contributed by atoms with Crippen molar-refractivity contribution in [2.45, 2.75) is 76.9 Å². The van der Waals surface area contributed by atoms with Gasteiger partial charge in [-0.25, -0.2) is 0 Å². The number of aryl methyl sites for hydroxylation is 1. The largest absolute Gasteiger partial charge is 0.353 e. The molecule has 1 aliphatic heterocycles. The molecule has 23 heavy (non-hydrogen) atoms. The third-order valence-corrected chi connectivity index (χ3v) is 4.59. The SMILES string of the molecule is CC1(C)CC(NC(=O)CCCc2ccc(Cl)cc2)CC(C)(C)N1. The lowest BCUT2D eigenvalue weighted by molar-refractivity contribution is -0.122. The maximum Gasteiger partial charge on any atom is 0.220 e. The highest BCUT2D eigenvalue weighted by Gasteiger charge is 2.37. The maximum atomic E-state index is 12.2. The Hall–Kier alpha value is -1.06. The Bertz CT molecular complexity index is 521. The van der Waals surface area contributed by atoms with Crippen molar-refractivity contribution in [1.29, 1.82) is 0 Å². The van der Waals surface area contributed by atoms with E-state index in [9.17, 15) is 4.79 Å². The molecule has 1 saturated heterocycles. The first kappa shape index (κ1) is 18.3. The predicted molar refractivity (Wildman–Crippen MR) is 96.8 cm³/mol. The van der Waals surface area contributed by atoms with Crippen molar-refractivity contribution in [2.75, 3.05) is 0 Å². The van der Waals surface area contributed by atoms with E-state index in [2.05, 4.69) is 38.3 Å². The fourth-order valence-corrected chi connectivity index (χ4v) is 3.95. The molecule has 1 aromatic rings. The number of rotatable bonds is 5. The molecule has 0 saturated carbocycles. The topological polar surface area (TPSA) is 41.1 Å². The molecule has 3 nitrogen and oxygen atoms in total. The Morgan fingerprint density at radius 1 is 1.17 bits per heavy atom. The Balaban J connectivity index is 1.77. The van der Waals surface area contributed by atoms with Crippen LogP contribution >= 0.6 is 11.6 Å². The zero-order chi connectivity index (χ0) is 17.1. The molecule has 0 aromatic heterocycles. The van der Waals surface area contributed by atoms with Gasteiger partial charge in [-0.1, -0.05) is 23.7 Å². The summed E-state index contributed by atoms with van der Waals surface area (Å²) in [4.78, 5) is 12.2. The van der Waals surface area contributed by atoms with Crippen molar-refractivity contribution < 1.29 is 4.79 Å². The monoisotopic (exact) mass is 336 g/mol. The van der Waals surface area contributed by atoms with E-state index < -0.39 is 0 Å². The average Bonchev–Trinajstić information content (AvgIpc) is 2.37. The van der Waals surface area contributed by atoms with Crippen LogP contribution in [-0.2, 0) is 11.2 Å². The second-order valence-corrected chi connectivity index (χ2v) is 8.48. The van der Waals surface area contributed by atoms with E-state index in [1.54, 1.807) is 0 Å². The smallest absolute Gasteiger partial charge is 0.220 e. The van der Waals surface area contributed by atoms with Crippen molar-refractivity contribution in [2.24, 2.45) is 0 Å². The van der Waals surface area contributed by atoms with E-state index in [1.165, 1.54) is 5.56 Å². The van der Waals surface area contributed by atoms with Gasteiger partial charge < -0.3 is 10.6 Å². The van der Waals surface area contributed by atoms with Crippen LogP contribution in [0.3, 0.4) is 0 Å². The number of nitrogens with one attached hydrogen (secondary N) is 2. The lowest BCUT2D eigenvalue weighted by atomic mass is 9.79. The second-order valence-electron chi connectivity index (χ2n) is 8.05. The zero-order valence-corrected chi connectivity index (χ0v) is 15.5. The van der Waals surface area contributed by atoms with Crippen LogP contribution in [0.15, 0.2) is 24.3 Å². The molecular weight excluding hydrogens is 308 g/mol. The summed E-state index contributed by atoms with van der Waals surface area (Å²) in [5, 5.41) is 7.62. The number of hydrogen-bond donors (Lipinski definition) is 2. The lowest BCUT2D eigenvalue weighted by Gasteiger charge is -2.46. The van der Waals surface area contributed by atoms with Gasteiger partial charge in [-0.05, 0) is 71.1 Å². The molecule has 0 radical (unpaired) electrons. The summed E-state index contributed by atoms with van der Waals surface area (Å²) in [5.41, 5.74) is 1.35. The van der Waals surface area contributed by atoms with E-state index in [-0.39, 0.29) is 23.0 Å². The zero-order valence-electron chi connectivity index (χ0n) is 14.7. The van der Waals surface area contributed by atoms with Crippen LogP contribution in [0, 0.1) is 0 Å². The molecular formula is C19H29ClN2O. The Morgan fingerprint density at radius 2 is 1.74 bits per heavy atom. The molecule has 1 amide bonds. The summed E-state index contributed by atoms with van der Waals surface area (Å²) in [6, 6.07) is 8.10. The molecule has 1 heterocycles. The van der Waals surface area contributed by atoms with Crippen LogP contribution in [0.1, 0.15) is 58.9 Å². The molecule has 4 heteroatoms. The minimum absolute atomic E-state index is 0.0585. The van der Waals surface area contributed by atoms with E-state index in [1.807, 2.05) is 24.3 Å². The number of hydrogen-bond acceptors (Lipinski definition) is 2. The molecule has 2 N–H and O–H groups in total. The van der Waals surface area contributed by atoms with Crippen molar-refractivity contribution in [3.05, 3.63) is 34.9 Å². The minimum atomic E-state index is 0.0585. The first-order valence-corrected chi connectivity index (χ1v) is 8.86. The lowest BCUT2D eigenvalue weighted by Crippen LogP contribution is -2.62. The Morgan fingerprint density at radius 3 is 2.30 bits per heavy atom. The minimum Gasteiger partial charge on any atom is -0.353 e. The van der Waals surface area contributed by atoms with Gasteiger partial charge in [-0.3, -0.25) is 4.79 Å². The molecule has 2 rings (SSSR count). The van der Waals surface area contributed by atoms with Crippen LogP contribution in [0.4, 0.5) is 0 Å². The number of amides is 1. The number of halogens is 1. The van der Waals surface area contributed by atoms with Gasteiger partial charge in [0.25, 0.3) is 0 Å². The molecule has 0 unspecified atom stereocenters. The van der Waals surface area contributed by atoms with Crippen LogP contribution in [0.25, 0.3) is 0 Å². The highest BCUT2D eigenvalue weighted by molar-refractivity contribution is 6.30. The van der Waals surface area contributed by atoms with Gasteiger partial charge >= 0.3 is 0 Å². The third kappa shape index (κ3) is 6.15. The third-order valence-electron chi connectivity index (χ3n) is 4.34. The fraction of sp³-hybridized carbons (Fsp3) is 0.632. The molecule has 0 bridgehead atoms. The second kappa shape index (κ2) is 7.23. The molecule has 0 aliphatic carbocycles. The van der Waals surface area contributed by atoms with Gasteiger partial charge in [0, 0.05) is 28.6 Å². The first-order chi connectivity index (χ1) is 10.7. The summed E-state index contributed by atoms with van der Waals surface area (Å²) in [6.07, 6.45) is 4.30. The van der Waals surface area contributed by atoms with Crippen molar-refractivity contribution in [3.63, 3.8) is 0 Å². The van der Waals surface area contributed by atoms with Gasteiger partial charge in [0.15, 0.2) is 0 Å². The number of benzene rings is 1. The van der Waals surface area contributed by atoms with Crippen LogP contribution in [-0.4, -0.2) is 23.0 Å². The van der Waals surface area contributed by atoms with Crippen molar-refractivity contribution >= 4 is 17.5 Å². The predicted octanol–water partition coefficient (Wildman–Crippen LogP) is 4.09. The quantitative estimate of drug-likeness (QED) is 0.850. The summed E-state index contributed by atoms with van der Waals surface area (Å²) < 4.78 is 0. The van der Waals surface area contributed by atoms with Crippen LogP contribution < -0.4 is 10.6 Å². The summed E-state index contributed by atoms with van der Waals surface area (Å²) in [7, 11) is 0. The van der Waals surface area contributed by atoms with Crippen LogP contribution in [0.2, 0.25) is 5.02 Å². The van der Waals surface area contributed by atoms with E-state index in [0.717, 1.165) is 30.7 Å². The van der Waals surface area contributed by atoms with Gasteiger partial charge in [-0.15, -0.1) is 0 Å². The molecule has 1 aromatic carbocycles. The maximum absolute atomic E-state index is 12.2. The summed E-state index contributed by atoms with van der Waals surface area (Å²) in [6.45, 7) is 8.81. The molecule has 1 fully saturated rings. The summed E-state index contributed by atoms with van der Waals surface area (Å²) >= 11 is 5.88. The van der Waals surface area contributed by atoms with Crippen molar-refractivity contribution in [1.82, 2.24) is 10.6 Å². The number of piperidine rings is 1. The number of carbonyl (C=O) groups excluding carboxylic acids is 1. The normalized spacial score (nSPS) is 20.2. The van der Waals surface area contributed by atoms with Crippen molar-refractivity contribution in [3.8, 4) is 0 Å². The Labute approximate surface area is 145 Å². The molecule has 0 spiro atoms. The average molecular weight is 337 g/mol. The van der Waals surface area contributed by atoms with Gasteiger partial charge in [-0.2, -0.15) is 0 Å². The molecule has 128 valence electrons. The van der Waals surface area contributed by atoms with Gasteiger partial charge in [0.2, 0.25) is 5.91 Å². The Kier molecular flexibility index (Phi) is 5.74. The molecule has 1 aliphatic rings. The van der Waals surface area contributed by atoms with Gasteiger partial charge in [0.1, 0.15) is 0 Å². The van der Waals surface area contributed by atoms with E-state index in [4.69, 9.17) is 11.6 Å². The standard InChI is InChI=1S/C19H29ClN2O/c1-18(2)12-16(13-19(3,4)22-18)21-17(23)7-5-6-14-8-10-15(20)11-9-14/h8-11,16,22H,5-7,12-13H2,1-4H3,(H,21,23). The van der Waals surface area contributed by atoms with Gasteiger partial charge in [0.05, 0.1) is 0 Å². The number of carbonyl (C=O) groups is 1. The highest BCUT2D eigenvalue weighted by Crippen LogP contribution is 2.28. The highest BCUT2D eigenvalue weighted by atomic mass is 35.5. The van der Waals surface area contributed by atoms with E-state index in [0.29, 0.717) is 6.42 Å². The molecule has 0 atom stereocenters. The van der Waals surface area contributed by atoms with E-state index >= 15 is 0 Å². The fourth-order valence-electron chi connectivity index (χ4n) is 3.83. The summed E-state index contributed by atoms with van der Waals surface area (Å²) in [5.74, 6) is 0.164. The first-order valence-electron chi connectivity index (χ1n) is 8.48.